The van der Waals surface area contributed by atoms with E-state index in [0.29, 0.717) is 6.54 Å². The van der Waals surface area contributed by atoms with Gasteiger partial charge in [-0.1, -0.05) is 71.9 Å². The molecule has 3 aromatic rings. The van der Waals surface area contributed by atoms with Gasteiger partial charge >= 0.3 is 0 Å². The number of carbonyl (C=O) groups is 1. The molecule has 0 aliphatic carbocycles. The van der Waals surface area contributed by atoms with Gasteiger partial charge in [0.25, 0.3) is 5.91 Å². The normalized spacial score (nSPS) is 11.3. The summed E-state index contributed by atoms with van der Waals surface area (Å²) < 4.78 is 0. The Morgan fingerprint density at radius 1 is 1.00 bits per heavy atom. The molecule has 0 heterocycles. The molecule has 0 aliphatic heterocycles. The Labute approximate surface area is 152 Å². The minimum absolute atomic E-state index is 0.173. The van der Waals surface area contributed by atoms with Gasteiger partial charge in [-0.3, -0.25) is 4.79 Å². The molecule has 0 bridgehead atoms. The van der Waals surface area contributed by atoms with Crippen molar-refractivity contribution in [3.63, 3.8) is 0 Å². The van der Waals surface area contributed by atoms with E-state index in [2.05, 4.69) is 5.16 Å². The minimum atomic E-state index is -0.176. The molecule has 3 aromatic carbocycles. The highest BCUT2D eigenvalue weighted by molar-refractivity contribution is 6.04. The van der Waals surface area contributed by atoms with Gasteiger partial charge in [0.05, 0.1) is 5.69 Å². The van der Waals surface area contributed by atoms with Crippen molar-refractivity contribution in [2.45, 2.75) is 6.92 Å². The highest BCUT2D eigenvalue weighted by Crippen LogP contribution is 2.26. The predicted octanol–water partition coefficient (Wildman–Crippen LogP) is 3.53. The monoisotopic (exact) mass is 347 g/mol. The largest absolute Gasteiger partial charge is 0.384 e. The van der Waals surface area contributed by atoms with Crippen molar-refractivity contribution in [2.24, 2.45) is 10.9 Å². The van der Waals surface area contributed by atoms with Crippen molar-refractivity contribution < 1.29 is 9.63 Å². The molecule has 0 saturated carbocycles. The van der Waals surface area contributed by atoms with Gasteiger partial charge in [0.1, 0.15) is 0 Å². The van der Waals surface area contributed by atoms with E-state index in [-0.39, 0.29) is 18.3 Å². The number of nitrogens with two attached hydrogens (primary N) is 1. The van der Waals surface area contributed by atoms with Gasteiger partial charge in [0, 0.05) is 17.5 Å². The standard InChI is InChI=1S/C21H21N3O2/c1-2-24(19-14-8-12-16-9-6-7-13-18(16)19)20(25)15-26-23-21(22)17-10-4-3-5-11-17/h3-14H,2,15H2,1H3,(H2,22,23). The second kappa shape index (κ2) is 8.16. The molecular weight excluding hydrogens is 326 g/mol. The van der Waals surface area contributed by atoms with E-state index in [4.69, 9.17) is 10.6 Å². The molecule has 5 nitrogen and oxygen atoms in total. The van der Waals surface area contributed by atoms with Gasteiger partial charge in [0.15, 0.2) is 12.4 Å². The van der Waals surface area contributed by atoms with Gasteiger partial charge in [0.2, 0.25) is 0 Å². The molecule has 3 rings (SSSR count). The van der Waals surface area contributed by atoms with E-state index in [1.54, 1.807) is 4.90 Å². The molecule has 0 saturated heterocycles. The van der Waals surface area contributed by atoms with E-state index < -0.39 is 0 Å². The molecule has 1 amide bonds. The van der Waals surface area contributed by atoms with E-state index in [1.165, 1.54) is 0 Å². The van der Waals surface area contributed by atoms with Crippen LogP contribution in [-0.2, 0) is 9.63 Å². The van der Waals surface area contributed by atoms with E-state index in [9.17, 15) is 4.79 Å². The number of oxime groups is 1. The molecule has 0 unspecified atom stereocenters. The number of benzene rings is 3. The van der Waals surface area contributed by atoms with Gasteiger partial charge < -0.3 is 15.5 Å². The number of likely N-dealkylation sites (N-methyl/N-ethyl adjacent to an activating group) is 1. The quantitative estimate of drug-likeness (QED) is 0.421. The number of hydrogen-bond acceptors (Lipinski definition) is 3. The number of amidine groups is 1. The summed E-state index contributed by atoms with van der Waals surface area (Å²) in [5.41, 5.74) is 7.49. The van der Waals surface area contributed by atoms with Crippen LogP contribution in [0.15, 0.2) is 78.0 Å². The lowest BCUT2D eigenvalue weighted by atomic mass is 10.1. The molecule has 0 atom stereocenters. The second-order valence-electron chi connectivity index (χ2n) is 5.75. The third kappa shape index (κ3) is 3.83. The van der Waals surface area contributed by atoms with Crippen molar-refractivity contribution in [1.82, 2.24) is 0 Å². The molecule has 5 heteroatoms. The number of rotatable bonds is 6. The van der Waals surface area contributed by atoms with Crippen LogP contribution in [0.3, 0.4) is 0 Å². The number of hydrogen-bond donors (Lipinski definition) is 1. The van der Waals surface area contributed by atoms with Crippen LogP contribution in [0.4, 0.5) is 5.69 Å². The summed E-state index contributed by atoms with van der Waals surface area (Å²) in [6, 6.07) is 23.2. The summed E-state index contributed by atoms with van der Waals surface area (Å²) in [7, 11) is 0. The maximum absolute atomic E-state index is 12.6. The first-order chi connectivity index (χ1) is 12.7. The van der Waals surface area contributed by atoms with Crippen molar-refractivity contribution >= 4 is 28.2 Å². The van der Waals surface area contributed by atoms with Crippen LogP contribution in [0.1, 0.15) is 12.5 Å². The topological polar surface area (TPSA) is 67.9 Å². The fourth-order valence-corrected chi connectivity index (χ4v) is 2.82. The third-order valence-corrected chi connectivity index (χ3v) is 4.10. The molecule has 2 N–H and O–H groups in total. The lowest BCUT2D eigenvalue weighted by Crippen LogP contribution is -2.33. The first-order valence-electron chi connectivity index (χ1n) is 8.49. The smallest absolute Gasteiger partial charge is 0.267 e. The van der Waals surface area contributed by atoms with Crippen molar-refractivity contribution in [3.05, 3.63) is 78.4 Å². The van der Waals surface area contributed by atoms with Crippen LogP contribution in [0.5, 0.6) is 0 Å². The van der Waals surface area contributed by atoms with Crippen LogP contribution < -0.4 is 10.6 Å². The highest BCUT2D eigenvalue weighted by Gasteiger charge is 2.16. The zero-order valence-corrected chi connectivity index (χ0v) is 14.6. The number of fused-ring (bicyclic) bond motifs is 1. The molecule has 0 aliphatic rings. The molecule has 26 heavy (non-hydrogen) atoms. The van der Waals surface area contributed by atoms with Crippen LogP contribution in [0, 0.1) is 0 Å². The molecular formula is C21H21N3O2. The van der Waals surface area contributed by atoms with Crippen LogP contribution in [0.2, 0.25) is 0 Å². The zero-order chi connectivity index (χ0) is 18.4. The second-order valence-corrected chi connectivity index (χ2v) is 5.75. The Morgan fingerprint density at radius 2 is 1.69 bits per heavy atom. The number of amides is 1. The Morgan fingerprint density at radius 3 is 2.46 bits per heavy atom. The van der Waals surface area contributed by atoms with Crippen LogP contribution >= 0.6 is 0 Å². The van der Waals surface area contributed by atoms with Crippen LogP contribution in [-0.4, -0.2) is 24.9 Å². The van der Waals surface area contributed by atoms with Gasteiger partial charge in [-0.25, -0.2) is 0 Å². The minimum Gasteiger partial charge on any atom is -0.384 e. The van der Waals surface area contributed by atoms with Gasteiger partial charge in [-0.2, -0.15) is 0 Å². The van der Waals surface area contributed by atoms with Crippen LogP contribution in [0.25, 0.3) is 10.8 Å². The fraction of sp³-hybridized carbons (Fsp3) is 0.143. The summed E-state index contributed by atoms with van der Waals surface area (Å²) in [4.78, 5) is 19.5. The summed E-state index contributed by atoms with van der Waals surface area (Å²) in [5, 5.41) is 5.97. The van der Waals surface area contributed by atoms with Crippen molar-refractivity contribution in [3.8, 4) is 0 Å². The van der Waals surface area contributed by atoms with Crippen molar-refractivity contribution in [2.75, 3.05) is 18.1 Å². The summed E-state index contributed by atoms with van der Waals surface area (Å²) in [6.07, 6.45) is 0. The lowest BCUT2D eigenvalue weighted by molar-refractivity contribution is -0.123. The van der Waals surface area contributed by atoms with E-state index in [0.717, 1.165) is 22.0 Å². The molecule has 132 valence electrons. The summed E-state index contributed by atoms with van der Waals surface area (Å²) in [6.45, 7) is 2.29. The SMILES string of the molecule is CCN(C(=O)CO/N=C(\N)c1ccccc1)c1cccc2ccccc12. The Bertz CT molecular complexity index is 917. The first-order valence-corrected chi connectivity index (χ1v) is 8.49. The fourth-order valence-electron chi connectivity index (χ4n) is 2.82. The number of nitrogens with zero attached hydrogens (tertiary/aromatic N) is 2. The molecule has 0 radical (unpaired) electrons. The molecule has 0 fully saturated rings. The summed E-state index contributed by atoms with van der Waals surface area (Å²) >= 11 is 0. The van der Waals surface area contributed by atoms with Gasteiger partial charge in [-0.05, 0) is 18.4 Å². The maximum Gasteiger partial charge on any atom is 0.267 e. The Balaban J connectivity index is 1.73. The molecule has 0 spiro atoms. The van der Waals surface area contributed by atoms with E-state index >= 15 is 0 Å². The number of carbonyl (C=O) groups excluding carboxylic acids is 1. The number of anilines is 1. The molecule has 0 aromatic heterocycles. The van der Waals surface area contributed by atoms with Gasteiger partial charge in [-0.15, -0.1) is 0 Å². The Hall–Kier alpha value is -3.34. The highest BCUT2D eigenvalue weighted by atomic mass is 16.6. The zero-order valence-electron chi connectivity index (χ0n) is 14.6. The maximum atomic E-state index is 12.6. The average molecular weight is 347 g/mol. The Kier molecular flexibility index (Phi) is 5.49. The first kappa shape index (κ1) is 17.5. The average Bonchev–Trinajstić information content (AvgIpc) is 2.69. The summed E-state index contributed by atoms with van der Waals surface area (Å²) in [5.74, 6) is 0.0695. The third-order valence-electron chi connectivity index (χ3n) is 4.10. The van der Waals surface area contributed by atoms with Crippen molar-refractivity contribution in [1.29, 1.82) is 0 Å². The van der Waals surface area contributed by atoms with E-state index in [1.807, 2.05) is 79.7 Å². The lowest BCUT2D eigenvalue weighted by Gasteiger charge is -2.22. The predicted molar refractivity (Wildman–Crippen MR) is 105 cm³/mol.